The average molecular weight is 280 g/mol. The molecule has 0 amide bonds. The highest BCUT2D eigenvalue weighted by molar-refractivity contribution is 7.22. The van der Waals surface area contributed by atoms with Gasteiger partial charge in [-0.25, -0.2) is 0 Å². The number of aryl methyl sites for hydroxylation is 1. The van der Waals surface area contributed by atoms with Crippen LogP contribution < -0.4 is 0 Å². The van der Waals surface area contributed by atoms with E-state index in [1.807, 2.05) is 6.92 Å². The predicted octanol–water partition coefficient (Wildman–Crippen LogP) is 4.67. The summed E-state index contributed by atoms with van der Waals surface area (Å²) in [6, 6.07) is 14.9. The quantitative estimate of drug-likeness (QED) is 0.535. The molecule has 4 aromatic rings. The SMILES string of the molecule is CCc1noc(-c2cc3cc4ccccc4cc3s2)n1. The Bertz CT molecular complexity index is 855. The molecular formula is C16H12N2OS. The summed E-state index contributed by atoms with van der Waals surface area (Å²) in [4.78, 5) is 5.43. The largest absolute Gasteiger partial charge is 0.333 e. The van der Waals surface area contributed by atoms with Crippen LogP contribution in [0, 0.1) is 0 Å². The summed E-state index contributed by atoms with van der Waals surface area (Å²) < 4.78 is 6.56. The Hall–Kier alpha value is -2.20. The molecule has 0 atom stereocenters. The van der Waals surface area contributed by atoms with Crippen molar-refractivity contribution >= 4 is 32.2 Å². The van der Waals surface area contributed by atoms with E-state index in [1.165, 1.54) is 20.9 Å². The molecule has 2 heterocycles. The summed E-state index contributed by atoms with van der Waals surface area (Å²) >= 11 is 1.69. The van der Waals surface area contributed by atoms with Crippen LogP contribution in [0.4, 0.5) is 0 Å². The van der Waals surface area contributed by atoms with E-state index in [-0.39, 0.29) is 0 Å². The lowest BCUT2D eigenvalue weighted by molar-refractivity contribution is 0.424. The van der Waals surface area contributed by atoms with E-state index in [0.29, 0.717) is 5.89 Å². The Labute approximate surface area is 119 Å². The van der Waals surface area contributed by atoms with Gasteiger partial charge in [0, 0.05) is 11.1 Å². The minimum absolute atomic E-state index is 0.618. The number of aromatic nitrogens is 2. The number of benzene rings is 2. The summed E-state index contributed by atoms with van der Waals surface area (Å²) in [7, 11) is 0. The monoisotopic (exact) mass is 280 g/mol. The number of nitrogens with zero attached hydrogens (tertiary/aromatic N) is 2. The molecule has 0 radical (unpaired) electrons. The van der Waals surface area contributed by atoms with Crippen molar-refractivity contribution < 1.29 is 4.52 Å². The lowest BCUT2D eigenvalue weighted by Gasteiger charge is -1.96. The average Bonchev–Trinajstić information content (AvgIpc) is 3.10. The zero-order valence-corrected chi connectivity index (χ0v) is 11.8. The summed E-state index contributed by atoms with van der Waals surface area (Å²) in [6.07, 6.45) is 0.790. The molecule has 3 nitrogen and oxygen atoms in total. The minimum atomic E-state index is 0.618. The summed E-state index contributed by atoms with van der Waals surface area (Å²) in [6.45, 7) is 2.02. The third kappa shape index (κ3) is 1.80. The zero-order chi connectivity index (χ0) is 13.5. The molecule has 0 saturated heterocycles. The van der Waals surface area contributed by atoms with E-state index in [9.17, 15) is 0 Å². The molecule has 0 aliphatic rings. The van der Waals surface area contributed by atoms with Crippen molar-refractivity contribution in [2.75, 3.05) is 0 Å². The van der Waals surface area contributed by atoms with Gasteiger partial charge in [0.2, 0.25) is 0 Å². The molecule has 0 saturated carbocycles. The second kappa shape index (κ2) is 4.42. The first-order valence-corrected chi connectivity index (χ1v) is 7.40. The first-order chi connectivity index (χ1) is 9.83. The van der Waals surface area contributed by atoms with Crippen molar-refractivity contribution in [3.05, 3.63) is 48.3 Å². The maximum Gasteiger partial charge on any atom is 0.268 e. The third-order valence-electron chi connectivity index (χ3n) is 3.38. The summed E-state index contributed by atoms with van der Waals surface area (Å²) in [5, 5.41) is 7.69. The first-order valence-electron chi connectivity index (χ1n) is 6.59. The van der Waals surface area contributed by atoms with Gasteiger partial charge >= 0.3 is 0 Å². The Balaban J connectivity index is 1.91. The number of fused-ring (bicyclic) bond motifs is 2. The number of hydrogen-bond acceptors (Lipinski definition) is 4. The van der Waals surface area contributed by atoms with Gasteiger partial charge in [0.15, 0.2) is 5.82 Å². The maximum absolute atomic E-state index is 5.32. The van der Waals surface area contributed by atoms with Crippen LogP contribution in [0.5, 0.6) is 0 Å². The lowest BCUT2D eigenvalue weighted by Crippen LogP contribution is -1.80. The van der Waals surface area contributed by atoms with Gasteiger partial charge in [-0.15, -0.1) is 11.3 Å². The van der Waals surface area contributed by atoms with Gasteiger partial charge in [0.25, 0.3) is 5.89 Å². The van der Waals surface area contributed by atoms with Gasteiger partial charge in [-0.2, -0.15) is 4.98 Å². The normalized spacial score (nSPS) is 11.4. The highest BCUT2D eigenvalue weighted by Crippen LogP contribution is 2.35. The Morgan fingerprint density at radius 2 is 1.85 bits per heavy atom. The lowest BCUT2D eigenvalue weighted by atomic mass is 10.1. The smallest absolute Gasteiger partial charge is 0.268 e. The molecule has 0 bridgehead atoms. The van der Waals surface area contributed by atoms with Crippen molar-refractivity contribution in [3.63, 3.8) is 0 Å². The van der Waals surface area contributed by atoms with E-state index >= 15 is 0 Å². The molecule has 0 aliphatic carbocycles. The zero-order valence-electron chi connectivity index (χ0n) is 11.0. The molecule has 20 heavy (non-hydrogen) atoms. The number of thiophene rings is 1. The van der Waals surface area contributed by atoms with E-state index in [0.717, 1.165) is 17.1 Å². The standard InChI is InChI=1S/C16H12N2OS/c1-2-15-17-16(19-18-15)14-9-12-7-10-5-3-4-6-11(10)8-13(12)20-14/h3-9H,2H2,1H3. The first kappa shape index (κ1) is 11.6. The van der Waals surface area contributed by atoms with Gasteiger partial charge in [-0.05, 0) is 34.4 Å². The highest BCUT2D eigenvalue weighted by atomic mass is 32.1. The molecule has 2 aromatic carbocycles. The Morgan fingerprint density at radius 1 is 1.05 bits per heavy atom. The van der Waals surface area contributed by atoms with Crippen LogP contribution in [0.25, 0.3) is 31.6 Å². The van der Waals surface area contributed by atoms with Crippen molar-refractivity contribution in [3.8, 4) is 10.8 Å². The van der Waals surface area contributed by atoms with Gasteiger partial charge in [-0.1, -0.05) is 36.3 Å². The topological polar surface area (TPSA) is 38.9 Å². The second-order valence-corrected chi connectivity index (χ2v) is 5.80. The third-order valence-corrected chi connectivity index (χ3v) is 4.47. The number of hydrogen-bond donors (Lipinski definition) is 0. The van der Waals surface area contributed by atoms with Crippen LogP contribution in [-0.4, -0.2) is 10.1 Å². The van der Waals surface area contributed by atoms with Crippen molar-refractivity contribution in [1.82, 2.24) is 10.1 Å². The van der Waals surface area contributed by atoms with Crippen LogP contribution in [0.1, 0.15) is 12.7 Å². The Morgan fingerprint density at radius 3 is 2.60 bits per heavy atom. The molecule has 4 rings (SSSR count). The molecule has 98 valence electrons. The summed E-state index contributed by atoms with van der Waals surface area (Å²) in [5.41, 5.74) is 0. The fourth-order valence-corrected chi connectivity index (χ4v) is 3.35. The maximum atomic E-state index is 5.32. The fourth-order valence-electron chi connectivity index (χ4n) is 2.33. The molecule has 0 aliphatic heterocycles. The minimum Gasteiger partial charge on any atom is -0.333 e. The molecule has 4 heteroatoms. The van der Waals surface area contributed by atoms with Crippen molar-refractivity contribution in [2.24, 2.45) is 0 Å². The molecule has 0 unspecified atom stereocenters. The van der Waals surface area contributed by atoms with Crippen LogP contribution in [0.3, 0.4) is 0 Å². The molecular weight excluding hydrogens is 268 g/mol. The fraction of sp³-hybridized carbons (Fsp3) is 0.125. The van der Waals surface area contributed by atoms with Gasteiger partial charge in [0.05, 0.1) is 4.88 Å². The molecule has 2 aromatic heterocycles. The predicted molar refractivity (Wildman–Crippen MR) is 82.0 cm³/mol. The number of rotatable bonds is 2. The highest BCUT2D eigenvalue weighted by Gasteiger charge is 2.11. The molecule has 0 spiro atoms. The van der Waals surface area contributed by atoms with Gasteiger partial charge in [0.1, 0.15) is 0 Å². The van der Waals surface area contributed by atoms with Crippen molar-refractivity contribution in [1.29, 1.82) is 0 Å². The summed E-state index contributed by atoms with van der Waals surface area (Å²) in [5.74, 6) is 1.37. The van der Waals surface area contributed by atoms with Gasteiger partial charge in [-0.3, -0.25) is 0 Å². The van der Waals surface area contributed by atoms with Crippen molar-refractivity contribution in [2.45, 2.75) is 13.3 Å². The Kier molecular flexibility index (Phi) is 2.57. The van der Waals surface area contributed by atoms with Crippen LogP contribution in [0.2, 0.25) is 0 Å². The van der Waals surface area contributed by atoms with E-state index < -0.39 is 0 Å². The van der Waals surface area contributed by atoms with E-state index in [2.05, 4.69) is 52.6 Å². The van der Waals surface area contributed by atoms with Gasteiger partial charge < -0.3 is 4.52 Å². The van der Waals surface area contributed by atoms with E-state index in [4.69, 9.17) is 4.52 Å². The molecule has 0 N–H and O–H groups in total. The van der Waals surface area contributed by atoms with Crippen LogP contribution >= 0.6 is 11.3 Å². The van der Waals surface area contributed by atoms with Crippen LogP contribution in [-0.2, 0) is 6.42 Å². The molecule has 0 fully saturated rings. The van der Waals surface area contributed by atoms with E-state index in [1.54, 1.807) is 11.3 Å². The second-order valence-electron chi connectivity index (χ2n) is 4.72. The van der Waals surface area contributed by atoms with Crippen LogP contribution in [0.15, 0.2) is 47.0 Å².